The Bertz CT molecular complexity index is 690. The molecule has 0 radical (unpaired) electrons. The first-order valence-electron chi connectivity index (χ1n) is 8.75. The lowest BCUT2D eigenvalue weighted by Crippen LogP contribution is -2.32. The van der Waals surface area contributed by atoms with Crippen molar-refractivity contribution >= 4 is 5.91 Å². The first kappa shape index (κ1) is 17.3. The zero-order chi connectivity index (χ0) is 17.6. The second-order valence-electron chi connectivity index (χ2n) is 6.45. The minimum absolute atomic E-state index is 0.231. The Hall–Kier alpha value is -2.49. The molecule has 1 saturated carbocycles. The van der Waals surface area contributed by atoms with E-state index in [-0.39, 0.29) is 5.91 Å². The van der Waals surface area contributed by atoms with Crippen LogP contribution in [0.4, 0.5) is 0 Å². The lowest BCUT2D eigenvalue weighted by molar-refractivity contribution is -0.132. The molecule has 4 heteroatoms. The number of methoxy groups -OCH3 is 2. The molecule has 0 atom stereocenters. The highest BCUT2D eigenvalue weighted by Gasteiger charge is 2.32. The van der Waals surface area contributed by atoms with E-state index in [2.05, 4.69) is 0 Å². The van der Waals surface area contributed by atoms with Crippen molar-refractivity contribution in [2.24, 2.45) is 0 Å². The predicted octanol–water partition coefficient (Wildman–Crippen LogP) is 3.83. The molecule has 1 amide bonds. The summed E-state index contributed by atoms with van der Waals surface area (Å²) >= 11 is 0. The van der Waals surface area contributed by atoms with Crippen LogP contribution in [0.3, 0.4) is 0 Å². The maximum absolute atomic E-state index is 12.7. The van der Waals surface area contributed by atoms with Crippen LogP contribution in [0.15, 0.2) is 48.5 Å². The molecule has 25 heavy (non-hydrogen) atoms. The summed E-state index contributed by atoms with van der Waals surface area (Å²) < 4.78 is 10.4. The summed E-state index contributed by atoms with van der Waals surface area (Å²) in [7, 11) is 3.32. The maximum Gasteiger partial charge on any atom is 0.223 e. The molecule has 0 heterocycles. The fourth-order valence-corrected chi connectivity index (χ4v) is 2.92. The van der Waals surface area contributed by atoms with Crippen molar-refractivity contribution in [3.8, 4) is 11.5 Å². The second kappa shape index (κ2) is 8.06. The van der Waals surface area contributed by atoms with Gasteiger partial charge in [-0.1, -0.05) is 24.3 Å². The van der Waals surface area contributed by atoms with E-state index < -0.39 is 0 Å². The molecule has 2 aromatic rings. The summed E-state index contributed by atoms with van der Waals surface area (Å²) in [6, 6.07) is 16.3. The Kier molecular flexibility index (Phi) is 5.59. The van der Waals surface area contributed by atoms with Crippen LogP contribution in [0.25, 0.3) is 0 Å². The van der Waals surface area contributed by atoms with E-state index in [1.807, 2.05) is 53.4 Å². The molecule has 1 aliphatic rings. The molecule has 0 N–H and O–H groups in total. The van der Waals surface area contributed by atoms with Crippen molar-refractivity contribution in [3.63, 3.8) is 0 Å². The fraction of sp³-hybridized carbons (Fsp3) is 0.381. The molecule has 2 aromatic carbocycles. The minimum Gasteiger partial charge on any atom is -0.497 e. The van der Waals surface area contributed by atoms with Crippen LogP contribution in [0.1, 0.15) is 30.4 Å². The number of rotatable bonds is 8. The highest BCUT2D eigenvalue weighted by atomic mass is 16.5. The summed E-state index contributed by atoms with van der Waals surface area (Å²) in [6.07, 6.45) is 3.53. The normalized spacial score (nSPS) is 13.4. The topological polar surface area (TPSA) is 38.8 Å². The summed E-state index contributed by atoms with van der Waals surface area (Å²) in [5.74, 6) is 1.91. The van der Waals surface area contributed by atoms with Gasteiger partial charge >= 0.3 is 0 Å². The smallest absolute Gasteiger partial charge is 0.223 e. The maximum atomic E-state index is 12.7. The quantitative estimate of drug-likeness (QED) is 0.734. The van der Waals surface area contributed by atoms with Gasteiger partial charge in [0.2, 0.25) is 5.91 Å². The summed E-state index contributed by atoms with van der Waals surface area (Å²) in [5, 5.41) is 0. The van der Waals surface area contributed by atoms with Crippen molar-refractivity contribution in [3.05, 3.63) is 59.7 Å². The van der Waals surface area contributed by atoms with Crippen LogP contribution in [0.2, 0.25) is 0 Å². The number of amides is 1. The van der Waals surface area contributed by atoms with Crippen molar-refractivity contribution in [1.29, 1.82) is 0 Å². The molecule has 0 bridgehead atoms. The number of ether oxygens (including phenoxy) is 2. The number of carbonyl (C=O) groups excluding carboxylic acids is 1. The third-order valence-corrected chi connectivity index (χ3v) is 4.61. The number of hydrogen-bond acceptors (Lipinski definition) is 3. The number of benzene rings is 2. The van der Waals surface area contributed by atoms with Crippen molar-refractivity contribution in [1.82, 2.24) is 4.90 Å². The molecule has 0 unspecified atom stereocenters. The molecule has 132 valence electrons. The van der Waals surface area contributed by atoms with Crippen molar-refractivity contribution in [2.45, 2.75) is 38.3 Å². The highest BCUT2D eigenvalue weighted by Crippen LogP contribution is 2.29. The van der Waals surface area contributed by atoms with E-state index in [0.29, 0.717) is 19.0 Å². The largest absolute Gasteiger partial charge is 0.497 e. The van der Waals surface area contributed by atoms with Crippen molar-refractivity contribution in [2.75, 3.05) is 14.2 Å². The zero-order valence-electron chi connectivity index (χ0n) is 14.9. The van der Waals surface area contributed by atoms with E-state index in [1.165, 1.54) is 0 Å². The monoisotopic (exact) mass is 339 g/mol. The van der Waals surface area contributed by atoms with Gasteiger partial charge in [-0.25, -0.2) is 0 Å². The average molecular weight is 339 g/mol. The highest BCUT2D eigenvalue weighted by molar-refractivity contribution is 5.77. The van der Waals surface area contributed by atoms with Gasteiger partial charge in [0.1, 0.15) is 11.5 Å². The third-order valence-electron chi connectivity index (χ3n) is 4.61. The molecule has 0 spiro atoms. The average Bonchev–Trinajstić information content (AvgIpc) is 3.50. The number of aryl methyl sites for hydroxylation is 1. The number of carbonyl (C=O) groups is 1. The lowest BCUT2D eigenvalue weighted by atomic mass is 10.1. The molecule has 3 rings (SSSR count). The fourth-order valence-electron chi connectivity index (χ4n) is 2.92. The molecule has 0 aliphatic heterocycles. The SMILES string of the molecule is COc1ccc(CCC(=O)N(Cc2ccc(OC)cc2)C2CC2)cc1. The van der Waals surface area contributed by atoms with E-state index in [0.717, 1.165) is 41.9 Å². The Morgan fingerprint density at radius 2 is 1.44 bits per heavy atom. The predicted molar refractivity (Wildman–Crippen MR) is 97.9 cm³/mol. The van der Waals surface area contributed by atoms with E-state index in [9.17, 15) is 4.79 Å². The Labute approximate surface area is 149 Å². The van der Waals surface area contributed by atoms with Gasteiger partial charge in [-0.15, -0.1) is 0 Å². The third kappa shape index (κ3) is 4.75. The van der Waals surface area contributed by atoms with Crippen LogP contribution >= 0.6 is 0 Å². The van der Waals surface area contributed by atoms with Crippen molar-refractivity contribution < 1.29 is 14.3 Å². The minimum atomic E-state index is 0.231. The molecule has 1 aliphatic carbocycles. The molecular formula is C21H25NO3. The van der Waals surface area contributed by atoms with E-state index in [1.54, 1.807) is 14.2 Å². The molecule has 4 nitrogen and oxygen atoms in total. The van der Waals surface area contributed by atoms with Crippen LogP contribution in [0.5, 0.6) is 11.5 Å². The second-order valence-corrected chi connectivity index (χ2v) is 6.45. The Morgan fingerprint density at radius 3 is 1.92 bits per heavy atom. The van der Waals surface area contributed by atoms with Crippen LogP contribution < -0.4 is 9.47 Å². The van der Waals surface area contributed by atoms with Gasteiger partial charge in [0.05, 0.1) is 14.2 Å². The van der Waals surface area contributed by atoms with Gasteiger partial charge in [-0.05, 0) is 54.7 Å². The van der Waals surface area contributed by atoms with Crippen LogP contribution in [-0.4, -0.2) is 31.1 Å². The lowest BCUT2D eigenvalue weighted by Gasteiger charge is -2.23. The Balaban J connectivity index is 1.58. The van der Waals surface area contributed by atoms with Crippen LogP contribution in [0, 0.1) is 0 Å². The van der Waals surface area contributed by atoms with E-state index in [4.69, 9.17) is 9.47 Å². The van der Waals surface area contributed by atoms with Gasteiger partial charge in [0.15, 0.2) is 0 Å². The summed E-state index contributed by atoms with van der Waals surface area (Å²) in [5.41, 5.74) is 2.31. The van der Waals surface area contributed by atoms with Gasteiger partial charge in [0.25, 0.3) is 0 Å². The van der Waals surface area contributed by atoms with E-state index >= 15 is 0 Å². The molecule has 0 aromatic heterocycles. The molecular weight excluding hydrogens is 314 g/mol. The Morgan fingerprint density at radius 1 is 0.920 bits per heavy atom. The number of nitrogens with zero attached hydrogens (tertiary/aromatic N) is 1. The number of hydrogen-bond donors (Lipinski definition) is 0. The van der Waals surface area contributed by atoms with Gasteiger partial charge in [0, 0.05) is 19.0 Å². The standard InChI is InChI=1S/C21H25NO3/c1-24-19-10-3-16(4-11-19)7-14-21(23)22(18-8-9-18)15-17-5-12-20(25-2)13-6-17/h3-6,10-13,18H,7-9,14-15H2,1-2H3. The zero-order valence-corrected chi connectivity index (χ0v) is 14.9. The first-order valence-corrected chi connectivity index (χ1v) is 8.75. The van der Waals surface area contributed by atoms with Gasteiger partial charge in [-0.3, -0.25) is 4.79 Å². The van der Waals surface area contributed by atoms with Gasteiger partial charge in [-0.2, -0.15) is 0 Å². The van der Waals surface area contributed by atoms with Crippen LogP contribution in [-0.2, 0) is 17.8 Å². The first-order chi connectivity index (χ1) is 12.2. The molecule has 0 saturated heterocycles. The van der Waals surface area contributed by atoms with Gasteiger partial charge < -0.3 is 14.4 Å². The summed E-state index contributed by atoms with van der Waals surface area (Å²) in [6.45, 7) is 0.677. The molecule has 1 fully saturated rings. The summed E-state index contributed by atoms with van der Waals surface area (Å²) in [4.78, 5) is 14.8.